The van der Waals surface area contributed by atoms with Crippen LogP contribution in [0.1, 0.15) is 20.8 Å². The molecular formula is C13H10ClN3O3. The molecule has 102 valence electrons. The molecule has 0 saturated carbocycles. The van der Waals surface area contributed by atoms with Crippen molar-refractivity contribution in [3.8, 4) is 0 Å². The SMILES string of the molecule is O=C(CNC(=O)c1ccc(=O)[nH]n1)c1cccc(Cl)c1. The molecule has 1 aromatic carbocycles. The molecule has 0 aliphatic carbocycles. The summed E-state index contributed by atoms with van der Waals surface area (Å²) in [5, 5.41) is 8.57. The molecule has 6 nitrogen and oxygen atoms in total. The van der Waals surface area contributed by atoms with Gasteiger partial charge in [-0.05, 0) is 18.2 Å². The number of hydrogen-bond acceptors (Lipinski definition) is 4. The van der Waals surface area contributed by atoms with Crippen LogP contribution < -0.4 is 10.9 Å². The summed E-state index contributed by atoms with van der Waals surface area (Å²) in [5.41, 5.74) is 0.0345. The normalized spacial score (nSPS) is 10.1. The molecule has 2 N–H and O–H groups in total. The Labute approximate surface area is 118 Å². The molecule has 0 atom stereocenters. The molecule has 2 aromatic rings. The van der Waals surface area contributed by atoms with Crippen LogP contribution >= 0.6 is 11.6 Å². The minimum atomic E-state index is -0.545. The van der Waals surface area contributed by atoms with Gasteiger partial charge >= 0.3 is 0 Å². The quantitative estimate of drug-likeness (QED) is 0.823. The number of amides is 1. The van der Waals surface area contributed by atoms with E-state index in [2.05, 4.69) is 15.5 Å². The highest BCUT2D eigenvalue weighted by molar-refractivity contribution is 6.31. The van der Waals surface area contributed by atoms with E-state index in [4.69, 9.17) is 11.6 Å². The molecule has 1 amide bonds. The molecular weight excluding hydrogens is 282 g/mol. The number of carbonyl (C=O) groups excluding carboxylic acids is 2. The number of aromatic amines is 1. The summed E-state index contributed by atoms with van der Waals surface area (Å²) in [6.45, 7) is -0.181. The molecule has 0 saturated heterocycles. The van der Waals surface area contributed by atoms with Crippen molar-refractivity contribution >= 4 is 23.3 Å². The summed E-state index contributed by atoms with van der Waals surface area (Å²) in [6, 6.07) is 8.90. The number of ketones is 1. The van der Waals surface area contributed by atoms with Crippen LogP contribution in [0.2, 0.25) is 5.02 Å². The fraction of sp³-hybridized carbons (Fsp3) is 0.0769. The van der Waals surface area contributed by atoms with Crippen LogP contribution in [0.5, 0.6) is 0 Å². The highest BCUT2D eigenvalue weighted by Crippen LogP contribution is 2.10. The van der Waals surface area contributed by atoms with Crippen LogP contribution in [-0.2, 0) is 0 Å². The van der Waals surface area contributed by atoms with E-state index in [1.165, 1.54) is 18.2 Å². The van der Waals surface area contributed by atoms with Gasteiger partial charge in [-0.1, -0.05) is 23.7 Å². The second-order valence-corrected chi connectivity index (χ2v) is 4.36. The second kappa shape index (κ2) is 6.12. The maximum Gasteiger partial charge on any atom is 0.272 e. The Kier molecular flexibility index (Phi) is 4.27. The monoisotopic (exact) mass is 291 g/mol. The number of nitrogens with zero attached hydrogens (tertiary/aromatic N) is 1. The van der Waals surface area contributed by atoms with E-state index in [1.54, 1.807) is 18.2 Å². The van der Waals surface area contributed by atoms with Crippen molar-refractivity contribution in [1.29, 1.82) is 0 Å². The van der Waals surface area contributed by atoms with Gasteiger partial charge in [0.05, 0.1) is 6.54 Å². The molecule has 0 spiro atoms. The van der Waals surface area contributed by atoms with E-state index in [0.717, 1.165) is 0 Å². The zero-order valence-corrected chi connectivity index (χ0v) is 11.0. The van der Waals surface area contributed by atoms with E-state index in [1.807, 2.05) is 0 Å². The van der Waals surface area contributed by atoms with Crippen molar-refractivity contribution < 1.29 is 9.59 Å². The van der Waals surface area contributed by atoms with Gasteiger partial charge in [0.15, 0.2) is 5.78 Å². The molecule has 1 aromatic heterocycles. The summed E-state index contributed by atoms with van der Waals surface area (Å²) in [5.74, 6) is -0.818. The van der Waals surface area contributed by atoms with Gasteiger partial charge in [-0.2, -0.15) is 5.10 Å². The predicted molar refractivity (Wildman–Crippen MR) is 73.0 cm³/mol. The molecule has 0 fully saturated rings. The number of nitrogens with one attached hydrogen (secondary N) is 2. The number of aromatic nitrogens is 2. The van der Waals surface area contributed by atoms with E-state index in [0.29, 0.717) is 10.6 Å². The fourth-order valence-electron chi connectivity index (χ4n) is 1.49. The lowest BCUT2D eigenvalue weighted by Gasteiger charge is -2.04. The van der Waals surface area contributed by atoms with Crippen molar-refractivity contribution in [3.05, 3.63) is 63.0 Å². The lowest BCUT2D eigenvalue weighted by Crippen LogP contribution is -2.30. The fourth-order valence-corrected chi connectivity index (χ4v) is 1.68. The van der Waals surface area contributed by atoms with Crippen molar-refractivity contribution in [3.63, 3.8) is 0 Å². The minimum Gasteiger partial charge on any atom is -0.343 e. The summed E-state index contributed by atoms with van der Waals surface area (Å²) in [6.07, 6.45) is 0. The predicted octanol–water partition coefficient (Wildman–Crippen LogP) is 1.04. The first kappa shape index (κ1) is 14.0. The van der Waals surface area contributed by atoms with Crippen LogP contribution in [0.4, 0.5) is 0 Å². The lowest BCUT2D eigenvalue weighted by atomic mass is 10.1. The Hall–Kier alpha value is -2.47. The van der Waals surface area contributed by atoms with Crippen LogP contribution in [0.25, 0.3) is 0 Å². The molecule has 1 heterocycles. The van der Waals surface area contributed by atoms with E-state index in [-0.39, 0.29) is 18.0 Å². The maximum absolute atomic E-state index is 11.8. The Morgan fingerprint density at radius 3 is 2.70 bits per heavy atom. The van der Waals surface area contributed by atoms with Gasteiger partial charge in [0.1, 0.15) is 5.69 Å². The van der Waals surface area contributed by atoms with Gasteiger partial charge in [-0.15, -0.1) is 0 Å². The third-order valence-corrected chi connectivity index (χ3v) is 2.70. The standard InChI is InChI=1S/C13H10ClN3O3/c14-9-3-1-2-8(6-9)11(18)7-15-13(20)10-4-5-12(19)17-16-10/h1-6H,7H2,(H,15,20)(H,17,19). The average molecular weight is 292 g/mol. The van der Waals surface area contributed by atoms with Crippen LogP contribution in [-0.4, -0.2) is 28.4 Å². The Bertz CT molecular complexity index is 692. The lowest BCUT2D eigenvalue weighted by molar-refractivity contribution is 0.0900. The Morgan fingerprint density at radius 1 is 1.25 bits per heavy atom. The number of halogens is 1. The number of hydrogen-bond donors (Lipinski definition) is 2. The van der Waals surface area contributed by atoms with Crippen molar-refractivity contribution in [2.24, 2.45) is 0 Å². The number of H-pyrrole nitrogens is 1. The second-order valence-electron chi connectivity index (χ2n) is 3.92. The van der Waals surface area contributed by atoms with Crippen molar-refractivity contribution in [2.45, 2.75) is 0 Å². The first-order chi connectivity index (χ1) is 9.56. The highest BCUT2D eigenvalue weighted by atomic mass is 35.5. The number of rotatable bonds is 4. The summed E-state index contributed by atoms with van der Waals surface area (Å²) < 4.78 is 0. The number of carbonyl (C=O) groups is 2. The third kappa shape index (κ3) is 3.52. The van der Waals surface area contributed by atoms with E-state index < -0.39 is 11.5 Å². The molecule has 7 heteroatoms. The Balaban J connectivity index is 1.98. The highest BCUT2D eigenvalue weighted by Gasteiger charge is 2.11. The molecule has 0 aliphatic heterocycles. The van der Waals surface area contributed by atoms with E-state index in [9.17, 15) is 14.4 Å². The van der Waals surface area contributed by atoms with Crippen LogP contribution in [0, 0.1) is 0 Å². The number of benzene rings is 1. The molecule has 0 bridgehead atoms. The maximum atomic E-state index is 11.8. The minimum absolute atomic E-state index is 0.0310. The molecule has 0 unspecified atom stereocenters. The summed E-state index contributed by atoms with van der Waals surface area (Å²) in [7, 11) is 0. The molecule has 0 aliphatic rings. The van der Waals surface area contributed by atoms with Gasteiger partial charge in [0, 0.05) is 16.7 Å². The van der Waals surface area contributed by atoms with Gasteiger partial charge < -0.3 is 5.32 Å². The third-order valence-electron chi connectivity index (χ3n) is 2.47. The van der Waals surface area contributed by atoms with Gasteiger partial charge in [0.2, 0.25) is 0 Å². The molecule has 20 heavy (non-hydrogen) atoms. The smallest absolute Gasteiger partial charge is 0.272 e. The van der Waals surface area contributed by atoms with E-state index >= 15 is 0 Å². The molecule has 2 rings (SSSR count). The van der Waals surface area contributed by atoms with Gasteiger partial charge in [-0.25, -0.2) is 5.10 Å². The number of Topliss-reactive ketones (excluding diaryl/α,β-unsaturated/α-hetero) is 1. The average Bonchev–Trinajstić information content (AvgIpc) is 2.45. The zero-order valence-electron chi connectivity index (χ0n) is 10.2. The topological polar surface area (TPSA) is 91.9 Å². The summed E-state index contributed by atoms with van der Waals surface area (Å²) >= 11 is 5.78. The zero-order chi connectivity index (χ0) is 14.5. The van der Waals surface area contributed by atoms with Crippen molar-refractivity contribution in [1.82, 2.24) is 15.5 Å². The largest absolute Gasteiger partial charge is 0.343 e. The van der Waals surface area contributed by atoms with Gasteiger partial charge in [0.25, 0.3) is 11.5 Å². The van der Waals surface area contributed by atoms with Crippen LogP contribution in [0.15, 0.2) is 41.2 Å². The van der Waals surface area contributed by atoms with Crippen molar-refractivity contribution in [2.75, 3.05) is 6.54 Å². The first-order valence-electron chi connectivity index (χ1n) is 5.69. The van der Waals surface area contributed by atoms with Crippen LogP contribution in [0.3, 0.4) is 0 Å². The van der Waals surface area contributed by atoms with Gasteiger partial charge in [-0.3, -0.25) is 14.4 Å². The Morgan fingerprint density at radius 2 is 2.05 bits per heavy atom. The molecule has 0 radical (unpaired) electrons. The first-order valence-corrected chi connectivity index (χ1v) is 6.07. The summed E-state index contributed by atoms with van der Waals surface area (Å²) in [4.78, 5) is 34.3.